The molecular formula is C17H14O6. The van der Waals surface area contributed by atoms with E-state index < -0.39 is 23.8 Å². The summed E-state index contributed by atoms with van der Waals surface area (Å²) >= 11 is 0. The van der Waals surface area contributed by atoms with E-state index in [0.717, 1.165) is 0 Å². The maximum absolute atomic E-state index is 11.5. The molecule has 6 heteroatoms. The highest BCUT2D eigenvalue weighted by atomic mass is 16.4. The van der Waals surface area contributed by atoms with E-state index in [0.29, 0.717) is 11.1 Å². The van der Waals surface area contributed by atoms with Crippen LogP contribution in [0.4, 0.5) is 0 Å². The molecule has 0 aromatic heterocycles. The summed E-state index contributed by atoms with van der Waals surface area (Å²) in [7, 11) is 0. The minimum Gasteiger partial charge on any atom is -0.478 e. The lowest BCUT2D eigenvalue weighted by molar-refractivity contribution is 0.0650. The molecule has 0 fully saturated rings. The molecule has 3 N–H and O–H groups in total. The van der Waals surface area contributed by atoms with Crippen molar-refractivity contribution in [1.29, 1.82) is 0 Å². The molecule has 0 saturated heterocycles. The minimum atomic E-state index is -1.33. The summed E-state index contributed by atoms with van der Waals surface area (Å²) in [6, 6.07) is 10.4. The van der Waals surface area contributed by atoms with Gasteiger partial charge in [-0.3, -0.25) is 0 Å². The summed E-state index contributed by atoms with van der Waals surface area (Å²) in [6.07, 6.45) is 0. The van der Waals surface area contributed by atoms with E-state index in [2.05, 4.69) is 0 Å². The maximum atomic E-state index is 11.5. The van der Waals surface area contributed by atoms with Crippen molar-refractivity contribution in [3.05, 3.63) is 70.3 Å². The van der Waals surface area contributed by atoms with Crippen molar-refractivity contribution in [2.75, 3.05) is 0 Å². The number of carbonyl (C=O) groups is 3. The van der Waals surface area contributed by atoms with E-state index >= 15 is 0 Å². The molecule has 23 heavy (non-hydrogen) atoms. The third-order valence-electron chi connectivity index (χ3n) is 3.64. The number of carboxylic acid groups (broad SMARTS) is 3. The molecule has 1 atom stereocenters. The van der Waals surface area contributed by atoms with Crippen molar-refractivity contribution in [2.45, 2.75) is 12.8 Å². The van der Waals surface area contributed by atoms with Gasteiger partial charge in [-0.25, -0.2) is 14.4 Å². The van der Waals surface area contributed by atoms with Gasteiger partial charge in [0.1, 0.15) is 0 Å². The Morgan fingerprint density at radius 1 is 0.870 bits per heavy atom. The van der Waals surface area contributed by atoms with Gasteiger partial charge in [0.2, 0.25) is 0 Å². The molecule has 0 aliphatic rings. The van der Waals surface area contributed by atoms with Gasteiger partial charge >= 0.3 is 17.9 Å². The molecule has 2 aromatic rings. The van der Waals surface area contributed by atoms with E-state index in [-0.39, 0.29) is 16.7 Å². The minimum absolute atomic E-state index is 0.0839. The van der Waals surface area contributed by atoms with Crippen molar-refractivity contribution in [2.24, 2.45) is 0 Å². The van der Waals surface area contributed by atoms with E-state index in [9.17, 15) is 19.5 Å². The summed E-state index contributed by atoms with van der Waals surface area (Å²) in [5.74, 6) is -4.22. The Morgan fingerprint density at radius 3 is 2.09 bits per heavy atom. The van der Waals surface area contributed by atoms with Gasteiger partial charge in [-0.1, -0.05) is 31.2 Å². The Kier molecular flexibility index (Phi) is 4.45. The lowest BCUT2D eigenvalue weighted by Gasteiger charge is -2.17. The normalized spacial score (nSPS) is 11.7. The number of hydrogen-bond donors (Lipinski definition) is 3. The molecule has 2 rings (SSSR count). The van der Waals surface area contributed by atoms with Crippen LogP contribution in [0.1, 0.15) is 55.0 Å². The molecule has 118 valence electrons. The van der Waals surface area contributed by atoms with Crippen molar-refractivity contribution in [3.63, 3.8) is 0 Å². The molecule has 0 bridgehead atoms. The Bertz CT molecular complexity index is 793. The van der Waals surface area contributed by atoms with E-state index in [1.165, 1.54) is 30.3 Å². The standard InChI is InChI=1S/C17H14O6/c1-9(10-4-2-5-11(8-10)15(18)19)12-6-3-7-13(16(20)21)14(12)17(22)23/h2-9H,1H3,(H,18,19)(H,20,21)(H,22,23). The fraction of sp³-hybridized carbons (Fsp3) is 0.118. The van der Waals surface area contributed by atoms with Gasteiger partial charge in [-0.05, 0) is 29.3 Å². The van der Waals surface area contributed by atoms with Gasteiger partial charge in [-0.2, -0.15) is 0 Å². The number of aromatic carboxylic acids is 3. The Hall–Kier alpha value is -3.15. The summed E-state index contributed by atoms with van der Waals surface area (Å²) in [4.78, 5) is 33.8. The largest absolute Gasteiger partial charge is 0.478 e. The number of rotatable bonds is 5. The van der Waals surface area contributed by atoms with Gasteiger partial charge in [0.05, 0.1) is 16.7 Å². The average molecular weight is 314 g/mol. The van der Waals surface area contributed by atoms with Crippen LogP contribution in [0.2, 0.25) is 0 Å². The smallest absolute Gasteiger partial charge is 0.336 e. The fourth-order valence-corrected chi connectivity index (χ4v) is 2.47. The first-order valence-electron chi connectivity index (χ1n) is 6.75. The highest BCUT2D eigenvalue weighted by Gasteiger charge is 2.23. The second kappa shape index (κ2) is 6.31. The molecule has 2 aromatic carbocycles. The van der Waals surface area contributed by atoms with Crippen LogP contribution in [0.3, 0.4) is 0 Å². The first kappa shape index (κ1) is 16.2. The number of carboxylic acids is 3. The molecule has 0 spiro atoms. The molecule has 0 heterocycles. The van der Waals surface area contributed by atoms with Crippen molar-refractivity contribution < 1.29 is 29.7 Å². The fourth-order valence-electron chi connectivity index (χ4n) is 2.47. The molecule has 0 aliphatic heterocycles. The highest BCUT2D eigenvalue weighted by molar-refractivity contribution is 6.03. The van der Waals surface area contributed by atoms with E-state index in [1.807, 2.05) is 0 Å². The summed E-state index contributed by atoms with van der Waals surface area (Å²) < 4.78 is 0. The molecule has 6 nitrogen and oxygen atoms in total. The monoisotopic (exact) mass is 314 g/mol. The second-order valence-corrected chi connectivity index (χ2v) is 5.03. The summed E-state index contributed by atoms with van der Waals surface area (Å²) in [5, 5.41) is 27.6. The first-order chi connectivity index (χ1) is 10.8. The molecule has 0 aliphatic carbocycles. The van der Waals surface area contributed by atoms with Crippen molar-refractivity contribution in [3.8, 4) is 0 Å². The van der Waals surface area contributed by atoms with Crippen LogP contribution >= 0.6 is 0 Å². The zero-order valence-electron chi connectivity index (χ0n) is 12.2. The van der Waals surface area contributed by atoms with Crippen LogP contribution in [-0.2, 0) is 0 Å². The third kappa shape index (κ3) is 3.21. The molecule has 1 unspecified atom stereocenters. The van der Waals surface area contributed by atoms with Crippen LogP contribution in [0.25, 0.3) is 0 Å². The van der Waals surface area contributed by atoms with Crippen LogP contribution in [0.5, 0.6) is 0 Å². The Morgan fingerprint density at radius 2 is 1.52 bits per heavy atom. The zero-order chi connectivity index (χ0) is 17.1. The number of benzene rings is 2. The van der Waals surface area contributed by atoms with Crippen LogP contribution in [-0.4, -0.2) is 33.2 Å². The maximum Gasteiger partial charge on any atom is 0.336 e. The van der Waals surface area contributed by atoms with Crippen molar-refractivity contribution in [1.82, 2.24) is 0 Å². The average Bonchev–Trinajstić information content (AvgIpc) is 2.53. The van der Waals surface area contributed by atoms with Gasteiger partial charge in [-0.15, -0.1) is 0 Å². The molecule has 0 saturated carbocycles. The van der Waals surface area contributed by atoms with Crippen LogP contribution in [0, 0.1) is 0 Å². The molecule has 0 amide bonds. The Labute approximate surface area is 131 Å². The lowest BCUT2D eigenvalue weighted by Crippen LogP contribution is -2.13. The van der Waals surface area contributed by atoms with E-state index in [1.54, 1.807) is 19.1 Å². The van der Waals surface area contributed by atoms with Gasteiger partial charge in [0, 0.05) is 5.92 Å². The Balaban J connectivity index is 2.59. The quantitative estimate of drug-likeness (QED) is 0.782. The van der Waals surface area contributed by atoms with Gasteiger partial charge < -0.3 is 15.3 Å². The van der Waals surface area contributed by atoms with Gasteiger partial charge in [0.25, 0.3) is 0 Å². The number of hydrogen-bond acceptors (Lipinski definition) is 3. The lowest BCUT2D eigenvalue weighted by atomic mass is 9.87. The highest BCUT2D eigenvalue weighted by Crippen LogP contribution is 2.29. The SMILES string of the molecule is CC(c1cccc(C(=O)O)c1)c1cccc(C(=O)O)c1C(=O)O. The van der Waals surface area contributed by atoms with E-state index in [4.69, 9.17) is 10.2 Å². The summed E-state index contributed by atoms with van der Waals surface area (Å²) in [6.45, 7) is 1.70. The third-order valence-corrected chi connectivity index (χ3v) is 3.64. The van der Waals surface area contributed by atoms with Gasteiger partial charge in [0.15, 0.2) is 0 Å². The topological polar surface area (TPSA) is 112 Å². The van der Waals surface area contributed by atoms with Crippen molar-refractivity contribution >= 4 is 17.9 Å². The predicted molar refractivity (Wildman–Crippen MR) is 81.3 cm³/mol. The summed E-state index contributed by atoms with van der Waals surface area (Å²) in [5.41, 5.74) is 0.417. The van der Waals surface area contributed by atoms with Crippen LogP contribution in [0.15, 0.2) is 42.5 Å². The predicted octanol–water partition coefficient (Wildman–Crippen LogP) is 2.93. The molecular weight excluding hydrogens is 300 g/mol. The van der Waals surface area contributed by atoms with Crippen LogP contribution < -0.4 is 0 Å². The zero-order valence-corrected chi connectivity index (χ0v) is 12.2. The first-order valence-corrected chi connectivity index (χ1v) is 6.75. The molecule has 0 radical (unpaired) electrons. The second-order valence-electron chi connectivity index (χ2n) is 5.03.